The fraction of sp³-hybridized carbons (Fsp3) is 0.867. The molecule has 3 unspecified atom stereocenters. The summed E-state index contributed by atoms with van der Waals surface area (Å²) in [7, 11) is 1.64. The van der Waals surface area contributed by atoms with E-state index in [0.717, 1.165) is 6.42 Å². The summed E-state index contributed by atoms with van der Waals surface area (Å²) in [5.41, 5.74) is -0.571. The Bertz CT molecular complexity index is 364. The fourth-order valence-corrected chi connectivity index (χ4v) is 2.50. The Labute approximate surface area is 126 Å². The molecule has 1 saturated carbocycles. The van der Waals surface area contributed by atoms with E-state index in [2.05, 4.69) is 5.32 Å². The number of carbonyl (C=O) groups is 2. The van der Waals surface area contributed by atoms with Crippen molar-refractivity contribution in [2.45, 2.75) is 64.7 Å². The highest BCUT2D eigenvalue weighted by molar-refractivity contribution is 5.75. The third-order valence-electron chi connectivity index (χ3n) is 3.43. The molecule has 1 aliphatic rings. The van der Waals surface area contributed by atoms with Gasteiger partial charge in [0, 0.05) is 13.2 Å². The molecule has 0 saturated heterocycles. The van der Waals surface area contributed by atoms with E-state index in [1.54, 1.807) is 34.8 Å². The highest BCUT2D eigenvalue weighted by Gasteiger charge is 2.37. The molecule has 0 aromatic carbocycles. The van der Waals surface area contributed by atoms with Crippen molar-refractivity contribution in [3.63, 3.8) is 0 Å². The lowest BCUT2D eigenvalue weighted by molar-refractivity contribution is -0.151. The molecular weight excluding hydrogens is 274 g/mol. The molecule has 1 N–H and O–H groups in total. The summed E-state index contributed by atoms with van der Waals surface area (Å²) in [4.78, 5) is 23.9. The molecule has 0 aromatic heterocycles. The normalized spacial score (nSPS) is 26.0. The minimum atomic E-state index is -0.571. The quantitative estimate of drug-likeness (QED) is 0.806. The molecular formula is C15H27NO5. The van der Waals surface area contributed by atoms with Gasteiger partial charge in [-0.1, -0.05) is 0 Å². The van der Waals surface area contributed by atoms with E-state index in [0.29, 0.717) is 19.4 Å². The van der Waals surface area contributed by atoms with Crippen LogP contribution in [0.25, 0.3) is 0 Å². The van der Waals surface area contributed by atoms with Crippen LogP contribution in [-0.4, -0.2) is 43.5 Å². The van der Waals surface area contributed by atoms with Crippen LogP contribution in [0.15, 0.2) is 0 Å². The third kappa shape index (κ3) is 5.91. The predicted molar refractivity (Wildman–Crippen MR) is 77.9 cm³/mol. The first-order valence-electron chi connectivity index (χ1n) is 7.45. The second kappa shape index (κ2) is 7.64. The molecule has 1 aliphatic carbocycles. The van der Waals surface area contributed by atoms with Crippen molar-refractivity contribution < 1.29 is 23.8 Å². The fourth-order valence-electron chi connectivity index (χ4n) is 2.50. The molecule has 0 aromatic rings. The Kier molecular flexibility index (Phi) is 6.45. The van der Waals surface area contributed by atoms with E-state index < -0.39 is 11.7 Å². The predicted octanol–water partition coefficient (Wildman–Crippen LogP) is 2.26. The lowest BCUT2D eigenvalue weighted by Crippen LogP contribution is -2.50. The van der Waals surface area contributed by atoms with Gasteiger partial charge in [-0.05, 0) is 47.0 Å². The van der Waals surface area contributed by atoms with Crippen molar-refractivity contribution in [1.29, 1.82) is 0 Å². The molecule has 6 nitrogen and oxygen atoms in total. The summed E-state index contributed by atoms with van der Waals surface area (Å²) in [5, 5.41) is 2.79. The second-order valence-corrected chi connectivity index (χ2v) is 6.28. The summed E-state index contributed by atoms with van der Waals surface area (Å²) < 4.78 is 15.7. The summed E-state index contributed by atoms with van der Waals surface area (Å²) in [6.45, 7) is 7.51. The van der Waals surface area contributed by atoms with Crippen LogP contribution in [0, 0.1) is 5.92 Å². The van der Waals surface area contributed by atoms with Crippen LogP contribution in [-0.2, 0) is 19.0 Å². The van der Waals surface area contributed by atoms with Crippen molar-refractivity contribution in [3.05, 3.63) is 0 Å². The highest BCUT2D eigenvalue weighted by atomic mass is 16.6. The van der Waals surface area contributed by atoms with Crippen molar-refractivity contribution in [2.24, 2.45) is 5.92 Å². The maximum atomic E-state index is 12.0. The van der Waals surface area contributed by atoms with Gasteiger partial charge in [-0.2, -0.15) is 0 Å². The first-order valence-corrected chi connectivity index (χ1v) is 7.45. The monoisotopic (exact) mass is 301 g/mol. The number of nitrogens with one attached hydrogen (secondary N) is 1. The summed E-state index contributed by atoms with van der Waals surface area (Å²) in [6.07, 6.45) is 1.53. The second-order valence-electron chi connectivity index (χ2n) is 6.28. The van der Waals surface area contributed by atoms with Crippen LogP contribution in [0.3, 0.4) is 0 Å². The van der Waals surface area contributed by atoms with Crippen molar-refractivity contribution in [1.82, 2.24) is 5.32 Å². The molecule has 0 radical (unpaired) electrons. The van der Waals surface area contributed by atoms with Gasteiger partial charge in [0.25, 0.3) is 0 Å². The van der Waals surface area contributed by atoms with Gasteiger partial charge in [0.1, 0.15) is 5.60 Å². The molecule has 21 heavy (non-hydrogen) atoms. The van der Waals surface area contributed by atoms with Gasteiger partial charge in [0.05, 0.1) is 18.6 Å². The van der Waals surface area contributed by atoms with Crippen LogP contribution in [0.2, 0.25) is 0 Å². The Morgan fingerprint density at radius 1 is 1.24 bits per heavy atom. The lowest BCUT2D eigenvalue weighted by Gasteiger charge is -2.34. The number of alkyl carbamates (subject to hydrolysis) is 1. The molecule has 1 rings (SSSR count). The van der Waals surface area contributed by atoms with Gasteiger partial charge in [-0.3, -0.25) is 4.79 Å². The Morgan fingerprint density at radius 2 is 1.90 bits per heavy atom. The molecule has 0 spiro atoms. The van der Waals surface area contributed by atoms with E-state index in [-0.39, 0.29) is 24.0 Å². The third-order valence-corrected chi connectivity index (χ3v) is 3.43. The lowest BCUT2D eigenvalue weighted by atomic mass is 9.83. The Morgan fingerprint density at radius 3 is 2.43 bits per heavy atom. The van der Waals surface area contributed by atoms with Gasteiger partial charge >= 0.3 is 12.1 Å². The zero-order valence-electron chi connectivity index (χ0n) is 13.6. The average molecular weight is 301 g/mol. The van der Waals surface area contributed by atoms with Crippen LogP contribution < -0.4 is 5.32 Å². The van der Waals surface area contributed by atoms with Crippen LogP contribution in [0.5, 0.6) is 0 Å². The summed E-state index contributed by atoms with van der Waals surface area (Å²) in [5.74, 6) is -0.614. The van der Waals surface area contributed by atoms with E-state index >= 15 is 0 Å². The summed E-state index contributed by atoms with van der Waals surface area (Å²) >= 11 is 0. The number of methoxy groups -OCH3 is 1. The number of hydrogen-bond donors (Lipinski definition) is 1. The van der Waals surface area contributed by atoms with Gasteiger partial charge in [-0.15, -0.1) is 0 Å². The zero-order valence-corrected chi connectivity index (χ0v) is 13.6. The smallest absolute Gasteiger partial charge is 0.407 e. The maximum absolute atomic E-state index is 12.0. The molecule has 0 aliphatic heterocycles. The SMILES string of the molecule is CCOC(=O)C1CCC(OC)CC1NC(=O)OC(C)(C)C. The Balaban J connectivity index is 2.70. The van der Waals surface area contributed by atoms with Crippen molar-refractivity contribution in [3.8, 4) is 0 Å². The van der Waals surface area contributed by atoms with Gasteiger partial charge in [-0.25, -0.2) is 4.79 Å². The zero-order chi connectivity index (χ0) is 16.0. The number of esters is 1. The van der Waals surface area contributed by atoms with Gasteiger partial charge < -0.3 is 19.5 Å². The topological polar surface area (TPSA) is 73.9 Å². The van der Waals surface area contributed by atoms with Crippen LogP contribution >= 0.6 is 0 Å². The Hall–Kier alpha value is -1.30. The number of carbonyl (C=O) groups excluding carboxylic acids is 2. The van der Waals surface area contributed by atoms with Gasteiger partial charge in [0.15, 0.2) is 0 Å². The van der Waals surface area contributed by atoms with E-state index in [1.807, 2.05) is 0 Å². The first kappa shape index (κ1) is 17.8. The molecule has 0 bridgehead atoms. The average Bonchev–Trinajstić information content (AvgIpc) is 2.36. The summed E-state index contributed by atoms with van der Waals surface area (Å²) in [6, 6.07) is -0.322. The number of hydrogen-bond acceptors (Lipinski definition) is 5. The number of amides is 1. The molecule has 122 valence electrons. The van der Waals surface area contributed by atoms with Gasteiger partial charge in [0.2, 0.25) is 0 Å². The first-order chi connectivity index (χ1) is 9.76. The van der Waals surface area contributed by atoms with Crippen LogP contribution in [0.4, 0.5) is 4.79 Å². The molecule has 1 amide bonds. The largest absolute Gasteiger partial charge is 0.466 e. The standard InChI is InChI=1S/C15H27NO5/c1-6-20-13(17)11-8-7-10(19-5)9-12(11)16-14(18)21-15(2,3)4/h10-12H,6-9H2,1-5H3,(H,16,18). The van der Waals surface area contributed by atoms with E-state index in [1.165, 1.54) is 0 Å². The van der Waals surface area contributed by atoms with Crippen molar-refractivity contribution in [2.75, 3.05) is 13.7 Å². The number of rotatable bonds is 4. The van der Waals surface area contributed by atoms with Crippen LogP contribution in [0.1, 0.15) is 47.0 Å². The highest BCUT2D eigenvalue weighted by Crippen LogP contribution is 2.28. The maximum Gasteiger partial charge on any atom is 0.407 e. The molecule has 3 atom stereocenters. The van der Waals surface area contributed by atoms with E-state index in [9.17, 15) is 9.59 Å². The van der Waals surface area contributed by atoms with E-state index in [4.69, 9.17) is 14.2 Å². The molecule has 6 heteroatoms. The number of ether oxygens (including phenoxy) is 3. The minimum absolute atomic E-state index is 0.0376. The van der Waals surface area contributed by atoms with Crippen molar-refractivity contribution >= 4 is 12.1 Å². The molecule has 0 heterocycles. The molecule has 1 fully saturated rings. The minimum Gasteiger partial charge on any atom is -0.466 e.